The Labute approximate surface area is 213 Å². The molecule has 2 aliphatic carbocycles. The highest BCUT2D eigenvalue weighted by molar-refractivity contribution is 6.22. The van der Waals surface area contributed by atoms with Crippen LogP contribution in [0.1, 0.15) is 37.9 Å². The van der Waals surface area contributed by atoms with Gasteiger partial charge in [-0.15, -0.1) is 0 Å². The average molecular weight is 483 g/mol. The van der Waals surface area contributed by atoms with E-state index in [1.165, 1.54) is 0 Å². The molecule has 0 saturated carbocycles. The number of carbonyl (C=O) groups excluding carboxylic acids is 2. The summed E-state index contributed by atoms with van der Waals surface area (Å²) < 4.78 is 0. The van der Waals surface area contributed by atoms with Crippen LogP contribution in [0.3, 0.4) is 0 Å². The van der Waals surface area contributed by atoms with Crippen molar-refractivity contribution in [2.45, 2.75) is 6.10 Å². The molecule has 0 fully saturated rings. The minimum Gasteiger partial charge on any atom is -0.507 e. The number of allylic oxidation sites excluding steroid dienone is 8. The van der Waals surface area contributed by atoms with Gasteiger partial charge in [-0.3, -0.25) is 9.59 Å². The van der Waals surface area contributed by atoms with E-state index in [2.05, 4.69) is 0 Å². The van der Waals surface area contributed by atoms with Gasteiger partial charge < -0.3 is 10.2 Å². The maximum Gasteiger partial charge on any atom is 0.197 e. The van der Waals surface area contributed by atoms with E-state index in [4.69, 9.17) is 0 Å². The van der Waals surface area contributed by atoms with E-state index < -0.39 is 6.10 Å². The number of hydrogen-bond donors (Lipinski definition) is 2. The molecule has 4 nitrogen and oxygen atoms in total. The fourth-order valence-electron chi connectivity index (χ4n) is 4.97. The summed E-state index contributed by atoms with van der Waals surface area (Å²) in [7, 11) is 0. The van der Waals surface area contributed by atoms with Crippen molar-refractivity contribution in [3.05, 3.63) is 149 Å². The van der Waals surface area contributed by atoms with E-state index in [0.29, 0.717) is 27.8 Å². The molecule has 4 aromatic rings. The van der Waals surface area contributed by atoms with Crippen molar-refractivity contribution in [1.82, 2.24) is 0 Å². The Hall–Kier alpha value is -4.80. The standard InChI is InChI=1S/C33H22O4/c34-30-24(31(35)27-17-21-11-7-6-10-20(21)16-26(27)30)14-4-2-1-3-5-15-25-32(36)28-18-22-12-8-9-13-23(22)19-29(28)33(25)37/h1-19,30,34,36H/b3-1+,4-2+,15-5+,24-14+. The van der Waals surface area contributed by atoms with Gasteiger partial charge in [0.25, 0.3) is 0 Å². The van der Waals surface area contributed by atoms with Crippen LogP contribution in [0.15, 0.2) is 126 Å². The summed E-state index contributed by atoms with van der Waals surface area (Å²) in [6, 6.07) is 22.9. The molecule has 0 heterocycles. The van der Waals surface area contributed by atoms with Crippen molar-refractivity contribution in [3.63, 3.8) is 0 Å². The van der Waals surface area contributed by atoms with Crippen LogP contribution in [-0.4, -0.2) is 21.8 Å². The molecule has 178 valence electrons. The molecule has 37 heavy (non-hydrogen) atoms. The maximum absolute atomic E-state index is 12.8. The average Bonchev–Trinajstić information content (AvgIpc) is 3.29. The number of benzene rings is 4. The zero-order valence-corrected chi connectivity index (χ0v) is 19.8. The highest BCUT2D eigenvalue weighted by atomic mass is 16.3. The Morgan fingerprint density at radius 1 is 0.622 bits per heavy atom. The van der Waals surface area contributed by atoms with Crippen LogP contribution in [0.2, 0.25) is 0 Å². The monoisotopic (exact) mass is 482 g/mol. The Morgan fingerprint density at radius 3 is 1.84 bits per heavy atom. The van der Waals surface area contributed by atoms with Gasteiger partial charge in [0.15, 0.2) is 11.6 Å². The van der Waals surface area contributed by atoms with Gasteiger partial charge in [-0.1, -0.05) is 85.0 Å². The predicted octanol–water partition coefficient (Wildman–Crippen LogP) is 6.98. The summed E-state index contributed by atoms with van der Waals surface area (Å²) in [5.41, 5.74) is 2.80. The lowest BCUT2D eigenvalue weighted by atomic mass is 10.0. The number of Topliss-reactive ketones (excluding diaryl/α,β-unsaturated/α-hetero) is 2. The summed E-state index contributed by atoms with van der Waals surface area (Å²) in [6.45, 7) is 0. The first kappa shape index (κ1) is 22.7. The van der Waals surface area contributed by atoms with Crippen molar-refractivity contribution in [2.75, 3.05) is 0 Å². The predicted molar refractivity (Wildman–Crippen MR) is 147 cm³/mol. The summed E-state index contributed by atoms with van der Waals surface area (Å²) in [5.74, 6) is -0.392. The second-order valence-corrected chi connectivity index (χ2v) is 9.11. The molecule has 0 amide bonds. The molecule has 6 rings (SSSR count). The van der Waals surface area contributed by atoms with E-state index in [1.807, 2.05) is 72.8 Å². The lowest BCUT2D eigenvalue weighted by molar-refractivity contribution is 0.101. The first-order valence-corrected chi connectivity index (χ1v) is 12.0. The highest BCUT2D eigenvalue weighted by Crippen LogP contribution is 2.38. The van der Waals surface area contributed by atoms with Crippen molar-refractivity contribution in [3.8, 4) is 0 Å². The van der Waals surface area contributed by atoms with Crippen LogP contribution < -0.4 is 0 Å². The summed E-state index contributed by atoms with van der Waals surface area (Å²) in [5, 5.41) is 25.2. The molecule has 0 spiro atoms. The molecule has 0 aromatic heterocycles. The number of ketones is 2. The van der Waals surface area contributed by atoms with Crippen LogP contribution in [0.4, 0.5) is 0 Å². The number of fused-ring (bicyclic) bond motifs is 4. The Bertz CT molecular complexity index is 1780. The van der Waals surface area contributed by atoms with Gasteiger partial charge in [-0.2, -0.15) is 0 Å². The largest absolute Gasteiger partial charge is 0.507 e. The molecule has 0 saturated heterocycles. The second-order valence-electron chi connectivity index (χ2n) is 9.11. The number of hydrogen-bond acceptors (Lipinski definition) is 4. The molecule has 4 aromatic carbocycles. The van der Waals surface area contributed by atoms with E-state index in [1.54, 1.807) is 42.5 Å². The van der Waals surface area contributed by atoms with Gasteiger partial charge in [0, 0.05) is 22.3 Å². The fourth-order valence-corrected chi connectivity index (χ4v) is 4.97. The second kappa shape index (κ2) is 9.01. The fraction of sp³-hybridized carbons (Fsp3) is 0.0303. The third kappa shape index (κ3) is 3.84. The Balaban J connectivity index is 1.16. The third-order valence-electron chi connectivity index (χ3n) is 6.88. The lowest BCUT2D eigenvalue weighted by Gasteiger charge is -2.05. The van der Waals surface area contributed by atoms with Crippen LogP contribution in [0, 0.1) is 0 Å². The van der Waals surface area contributed by atoms with Gasteiger partial charge >= 0.3 is 0 Å². The zero-order chi connectivity index (χ0) is 25.5. The Kier molecular flexibility index (Phi) is 5.52. The van der Waals surface area contributed by atoms with Gasteiger partial charge in [0.05, 0.1) is 5.57 Å². The molecule has 2 N–H and O–H groups in total. The molecule has 0 bridgehead atoms. The van der Waals surface area contributed by atoms with Gasteiger partial charge in [0.1, 0.15) is 11.9 Å². The molecule has 0 aliphatic heterocycles. The molecule has 2 aliphatic rings. The van der Waals surface area contributed by atoms with Crippen molar-refractivity contribution < 1.29 is 19.8 Å². The normalized spacial score (nSPS) is 18.5. The Morgan fingerprint density at radius 2 is 1.16 bits per heavy atom. The third-order valence-corrected chi connectivity index (χ3v) is 6.88. The van der Waals surface area contributed by atoms with Crippen LogP contribution in [0.25, 0.3) is 27.3 Å². The van der Waals surface area contributed by atoms with E-state index in [-0.39, 0.29) is 22.9 Å². The van der Waals surface area contributed by atoms with Crippen LogP contribution in [0.5, 0.6) is 0 Å². The zero-order valence-electron chi connectivity index (χ0n) is 19.8. The molecular formula is C33H22O4. The molecular weight excluding hydrogens is 460 g/mol. The molecule has 1 unspecified atom stereocenters. The van der Waals surface area contributed by atoms with E-state index in [9.17, 15) is 19.8 Å². The topological polar surface area (TPSA) is 74.6 Å². The first-order valence-electron chi connectivity index (χ1n) is 12.0. The molecule has 4 heteroatoms. The SMILES string of the molecule is O=C1C(/C=C/C=C/C=C/C=C2/C(=O)c3cc4ccccc4cc3C2O)=C(O)c2cc3ccccc3cc21. The minimum atomic E-state index is -0.956. The summed E-state index contributed by atoms with van der Waals surface area (Å²) >= 11 is 0. The van der Waals surface area contributed by atoms with Gasteiger partial charge in [0.2, 0.25) is 0 Å². The van der Waals surface area contributed by atoms with E-state index >= 15 is 0 Å². The highest BCUT2D eigenvalue weighted by Gasteiger charge is 2.33. The smallest absolute Gasteiger partial charge is 0.197 e. The van der Waals surface area contributed by atoms with Crippen LogP contribution >= 0.6 is 0 Å². The first-order chi connectivity index (χ1) is 18.0. The van der Waals surface area contributed by atoms with Crippen LogP contribution in [-0.2, 0) is 0 Å². The minimum absolute atomic E-state index is 0.0170. The lowest BCUT2D eigenvalue weighted by Crippen LogP contribution is -1.98. The number of aliphatic hydroxyl groups is 2. The molecule has 0 radical (unpaired) electrons. The van der Waals surface area contributed by atoms with Crippen molar-refractivity contribution in [2.24, 2.45) is 0 Å². The van der Waals surface area contributed by atoms with Gasteiger partial charge in [-0.25, -0.2) is 0 Å². The van der Waals surface area contributed by atoms with Crippen molar-refractivity contribution in [1.29, 1.82) is 0 Å². The van der Waals surface area contributed by atoms with Crippen molar-refractivity contribution >= 4 is 38.9 Å². The number of aliphatic hydroxyl groups excluding tert-OH is 2. The van der Waals surface area contributed by atoms with Gasteiger partial charge in [-0.05, 0) is 57.4 Å². The quantitative estimate of drug-likeness (QED) is 0.243. The summed E-state index contributed by atoms with van der Waals surface area (Å²) in [4.78, 5) is 25.7. The number of carbonyl (C=O) groups is 2. The molecule has 1 atom stereocenters. The summed E-state index contributed by atoms with van der Waals surface area (Å²) in [6.07, 6.45) is 10.9. The number of rotatable bonds is 4. The maximum atomic E-state index is 12.8. The van der Waals surface area contributed by atoms with E-state index in [0.717, 1.165) is 21.5 Å².